The summed E-state index contributed by atoms with van der Waals surface area (Å²) in [6, 6.07) is 13.0. The molecular formula is C14H15N3O2. The molecule has 5 heteroatoms. The number of ether oxygens (including phenoxy) is 2. The fourth-order valence-corrected chi connectivity index (χ4v) is 1.54. The van der Waals surface area contributed by atoms with Crippen molar-refractivity contribution in [2.75, 3.05) is 13.2 Å². The van der Waals surface area contributed by atoms with E-state index in [4.69, 9.17) is 20.6 Å². The topological polar surface area (TPSA) is 81.2 Å². The maximum absolute atomic E-state index is 7.40. The van der Waals surface area contributed by atoms with Crippen LogP contribution in [0.3, 0.4) is 0 Å². The lowest BCUT2D eigenvalue weighted by Gasteiger charge is -2.10. The molecular weight excluding hydrogens is 242 g/mol. The van der Waals surface area contributed by atoms with E-state index in [1.54, 1.807) is 18.3 Å². The highest BCUT2D eigenvalue weighted by molar-refractivity contribution is 5.95. The van der Waals surface area contributed by atoms with Gasteiger partial charge in [-0.3, -0.25) is 5.41 Å². The molecule has 0 aliphatic rings. The van der Waals surface area contributed by atoms with Gasteiger partial charge in [0.15, 0.2) is 0 Å². The Hall–Kier alpha value is -2.56. The van der Waals surface area contributed by atoms with Crippen molar-refractivity contribution in [1.82, 2.24) is 4.98 Å². The number of aromatic nitrogens is 1. The molecule has 2 aromatic rings. The number of amidine groups is 1. The summed E-state index contributed by atoms with van der Waals surface area (Å²) in [5, 5.41) is 7.40. The number of pyridine rings is 1. The van der Waals surface area contributed by atoms with Gasteiger partial charge in [-0.05, 0) is 24.3 Å². The fourth-order valence-electron chi connectivity index (χ4n) is 1.54. The zero-order valence-electron chi connectivity index (χ0n) is 10.4. The molecule has 0 amide bonds. The summed E-state index contributed by atoms with van der Waals surface area (Å²) in [6.07, 6.45) is 1.57. The number of hydrogen-bond donors (Lipinski definition) is 2. The van der Waals surface area contributed by atoms with Crippen molar-refractivity contribution in [3.05, 3.63) is 54.4 Å². The predicted molar refractivity (Wildman–Crippen MR) is 72.7 cm³/mol. The van der Waals surface area contributed by atoms with Gasteiger partial charge in [-0.15, -0.1) is 0 Å². The summed E-state index contributed by atoms with van der Waals surface area (Å²) in [5.74, 6) is 1.18. The average molecular weight is 257 g/mol. The number of rotatable bonds is 6. The standard InChI is InChI=1S/C14H15N3O2/c15-14(16)13-12(7-4-8-17-13)19-10-9-18-11-5-2-1-3-6-11/h1-8H,9-10H2,(H3,15,16). The Morgan fingerprint density at radius 2 is 1.79 bits per heavy atom. The molecule has 5 nitrogen and oxygen atoms in total. The summed E-state index contributed by atoms with van der Waals surface area (Å²) in [7, 11) is 0. The molecule has 0 saturated carbocycles. The van der Waals surface area contributed by atoms with Crippen LogP contribution < -0.4 is 15.2 Å². The van der Waals surface area contributed by atoms with E-state index in [1.165, 1.54) is 0 Å². The minimum Gasteiger partial charge on any atom is -0.490 e. The van der Waals surface area contributed by atoms with E-state index in [-0.39, 0.29) is 5.84 Å². The minimum absolute atomic E-state index is 0.112. The van der Waals surface area contributed by atoms with Crippen molar-refractivity contribution in [3.8, 4) is 11.5 Å². The molecule has 0 saturated heterocycles. The molecule has 1 aromatic heterocycles. The van der Waals surface area contributed by atoms with E-state index in [0.717, 1.165) is 5.75 Å². The molecule has 98 valence electrons. The first-order chi connectivity index (χ1) is 9.27. The molecule has 0 atom stereocenters. The monoisotopic (exact) mass is 257 g/mol. The number of nitrogens with two attached hydrogens (primary N) is 1. The maximum Gasteiger partial charge on any atom is 0.148 e. The van der Waals surface area contributed by atoms with Crippen molar-refractivity contribution in [1.29, 1.82) is 5.41 Å². The van der Waals surface area contributed by atoms with E-state index in [9.17, 15) is 0 Å². The Morgan fingerprint density at radius 1 is 1.05 bits per heavy atom. The van der Waals surface area contributed by atoms with Gasteiger partial charge in [0.05, 0.1) is 0 Å². The molecule has 0 bridgehead atoms. The number of benzene rings is 1. The van der Waals surface area contributed by atoms with Gasteiger partial charge in [0.25, 0.3) is 0 Å². The Kier molecular flexibility index (Phi) is 4.34. The van der Waals surface area contributed by atoms with E-state index in [1.807, 2.05) is 30.3 Å². The lowest BCUT2D eigenvalue weighted by molar-refractivity contribution is 0.216. The summed E-state index contributed by atoms with van der Waals surface area (Å²) in [6.45, 7) is 0.775. The fraction of sp³-hybridized carbons (Fsp3) is 0.143. The highest BCUT2D eigenvalue weighted by Gasteiger charge is 2.06. The number of nitrogens with one attached hydrogen (secondary N) is 1. The third kappa shape index (κ3) is 3.70. The highest BCUT2D eigenvalue weighted by atomic mass is 16.5. The second-order valence-corrected chi connectivity index (χ2v) is 3.77. The van der Waals surface area contributed by atoms with Gasteiger partial charge in [0, 0.05) is 6.20 Å². The van der Waals surface area contributed by atoms with Crippen molar-refractivity contribution in [2.45, 2.75) is 0 Å². The largest absolute Gasteiger partial charge is 0.490 e. The molecule has 0 aliphatic heterocycles. The smallest absolute Gasteiger partial charge is 0.148 e. The second kappa shape index (κ2) is 6.39. The quantitative estimate of drug-likeness (QED) is 0.470. The number of nitrogen functional groups attached to an aromatic ring is 1. The lowest BCUT2D eigenvalue weighted by atomic mass is 10.3. The Bertz CT molecular complexity index is 543. The van der Waals surface area contributed by atoms with Gasteiger partial charge < -0.3 is 15.2 Å². The van der Waals surface area contributed by atoms with Crippen molar-refractivity contribution < 1.29 is 9.47 Å². The Morgan fingerprint density at radius 3 is 2.53 bits per heavy atom. The minimum atomic E-state index is -0.112. The third-order valence-corrected chi connectivity index (χ3v) is 2.38. The van der Waals surface area contributed by atoms with Crippen LogP contribution in [0.4, 0.5) is 0 Å². The van der Waals surface area contributed by atoms with Crippen LogP contribution in [-0.4, -0.2) is 24.0 Å². The molecule has 0 fully saturated rings. The first-order valence-corrected chi connectivity index (χ1v) is 5.87. The Balaban J connectivity index is 1.85. The van der Waals surface area contributed by atoms with Crippen LogP contribution in [0.5, 0.6) is 11.5 Å². The van der Waals surface area contributed by atoms with Crippen LogP contribution in [0.2, 0.25) is 0 Å². The van der Waals surface area contributed by atoms with Gasteiger partial charge >= 0.3 is 0 Å². The predicted octanol–water partition coefficient (Wildman–Crippen LogP) is 1.82. The summed E-state index contributed by atoms with van der Waals surface area (Å²) < 4.78 is 11.0. The first kappa shape index (κ1) is 12.9. The van der Waals surface area contributed by atoms with Crippen molar-refractivity contribution in [3.63, 3.8) is 0 Å². The molecule has 0 radical (unpaired) electrons. The van der Waals surface area contributed by atoms with E-state index in [2.05, 4.69) is 4.98 Å². The Labute approximate surface area is 111 Å². The maximum atomic E-state index is 7.40. The van der Waals surface area contributed by atoms with Gasteiger partial charge in [-0.2, -0.15) is 0 Å². The zero-order chi connectivity index (χ0) is 13.5. The molecule has 0 aliphatic carbocycles. The number of para-hydroxylation sites is 1. The van der Waals surface area contributed by atoms with Gasteiger partial charge in [-0.1, -0.05) is 18.2 Å². The summed E-state index contributed by atoms with van der Waals surface area (Å²) in [5.41, 5.74) is 5.77. The number of hydrogen-bond acceptors (Lipinski definition) is 4. The molecule has 0 unspecified atom stereocenters. The normalized spacial score (nSPS) is 9.89. The van der Waals surface area contributed by atoms with Crippen LogP contribution in [0.15, 0.2) is 48.7 Å². The number of nitrogens with zero attached hydrogens (tertiary/aromatic N) is 1. The van der Waals surface area contributed by atoms with E-state index < -0.39 is 0 Å². The molecule has 3 N–H and O–H groups in total. The SMILES string of the molecule is N=C(N)c1ncccc1OCCOc1ccccc1. The first-order valence-electron chi connectivity index (χ1n) is 5.87. The summed E-state index contributed by atoms with van der Waals surface area (Å²) >= 11 is 0. The van der Waals surface area contributed by atoms with Crippen molar-refractivity contribution in [2.24, 2.45) is 5.73 Å². The molecule has 0 spiro atoms. The third-order valence-electron chi connectivity index (χ3n) is 2.38. The van der Waals surface area contributed by atoms with Crippen LogP contribution in [0, 0.1) is 5.41 Å². The molecule has 19 heavy (non-hydrogen) atoms. The molecule has 1 heterocycles. The average Bonchev–Trinajstić information content (AvgIpc) is 2.45. The van der Waals surface area contributed by atoms with Crippen LogP contribution in [0.25, 0.3) is 0 Å². The van der Waals surface area contributed by atoms with Gasteiger partial charge in [-0.25, -0.2) is 4.98 Å². The van der Waals surface area contributed by atoms with Crippen LogP contribution in [-0.2, 0) is 0 Å². The molecule has 2 rings (SSSR count). The van der Waals surface area contributed by atoms with E-state index in [0.29, 0.717) is 24.7 Å². The van der Waals surface area contributed by atoms with Crippen LogP contribution >= 0.6 is 0 Å². The highest BCUT2D eigenvalue weighted by Crippen LogP contribution is 2.14. The van der Waals surface area contributed by atoms with Gasteiger partial charge in [0.1, 0.15) is 36.2 Å². The lowest BCUT2D eigenvalue weighted by Crippen LogP contribution is -2.16. The second-order valence-electron chi connectivity index (χ2n) is 3.77. The van der Waals surface area contributed by atoms with E-state index >= 15 is 0 Å². The van der Waals surface area contributed by atoms with Crippen molar-refractivity contribution >= 4 is 5.84 Å². The van der Waals surface area contributed by atoms with Crippen LogP contribution in [0.1, 0.15) is 5.69 Å². The van der Waals surface area contributed by atoms with Gasteiger partial charge in [0.2, 0.25) is 0 Å². The summed E-state index contributed by atoms with van der Waals surface area (Å²) in [4.78, 5) is 4.00. The molecule has 1 aromatic carbocycles. The zero-order valence-corrected chi connectivity index (χ0v) is 10.4.